The summed E-state index contributed by atoms with van der Waals surface area (Å²) in [5.41, 5.74) is 5.24. The second-order valence-electron chi connectivity index (χ2n) is 8.29. The first-order chi connectivity index (χ1) is 16.0. The fourth-order valence-electron chi connectivity index (χ4n) is 4.50. The van der Waals surface area contributed by atoms with E-state index >= 15 is 0 Å². The number of hydrogen-bond donors (Lipinski definition) is 1. The van der Waals surface area contributed by atoms with Gasteiger partial charge in [0.1, 0.15) is 18.5 Å². The molecule has 0 fully saturated rings. The molecule has 0 heterocycles. The van der Waals surface area contributed by atoms with Gasteiger partial charge >= 0.3 is 12.1 Å². The first-order valence-corrected chi connectivity index (χ1v) is 11.0. The maximum atomic E-state index is 13.4. The molecule has 1 aliphatic carbocycles. The van der Waals surface area contributed by atoms with Gasteiger partial charge < -0.3 is 9.84 Å². The molecule has 4 rings (SSSR count). The maximum absolute atomic E-state index is 13.4. The molecule has 0 spiro atoms. The van der Waals surface area contributed by atoms with Crippen LogP contribution in [0.25, 0.3) is 11.1 Å². The zero-order chi connectivity index (χ0) is 23.4. The van der Waals surface area contributed by atoms with Crippen LogP contribution in [0.2, 0.25) is 0 Å². The van der Waals surface area contributed by atoms with Crippen molar-refractivity contribution in [1.29, 1.82) is 0 Å². The largest absolute Gasteiger partial charge is 0.480 e. The van der Waals surface area contributed by atoms with E-state index < -0.39 is 18.1 Å². The number of carboxylic acid groups (broad SMARTS) is 1. The van der Waals surface area contributed by atoms with Gasteiger partial charge in [0.15, 0.2) is 0 Å². The van der Waals surface area contributed by atoms with Crippen LogP contribution in [-0.4, -0.2) is 41.8 Å². The number of halogens is 1. The summed E-state index contributed by atoms with van der Waals surface area (Å²) in [4.78, 5) is 25.7. The van der Waals surface area contributed by atoms with Crippen molar-refractivity contribution < 1.29 is 23.8 Å². The number of nitrogens with zero attached hydrogens (tertiary/aromatic N) is 1. The third kappa shape index (κ3) is 4.90. The summed E-state index contributed by atoms with van der Waals surface area (Å²) in [6.07, 6.45) is 0.601. The standard InChI is InChI=1S/C27H26FNO4/c1-29(25(26(30)31)15-7-9-18-8-6-10-19(28)16-18)27(32)33-17-24-22-13-4-2-11-20(22)21-12-3-5-14-23(21)24/h2-6,8,10-14,16,24-25H,7,9,15,17H2,1H3,(H,30,31)/t25-/m0/s1. The van der Waals surface area contributed by atoms with Crippen LogP contribution < -0.4 is 0 Å². The molecule has 5 nitrogen and oxygen atoms in total. The molecule has 6 heteroatoms. The molecule has 0 radical (unpaired) electrons. The third-order valence-electron chi connectivity index (χ3n) is 6.21. The van der Waals surface area contributed by atoms with Crippen molar-refractivity contribution in [3.8, 4) is 11.1 Å². The number of carbonyl (C=O) groups is 2. The Bertz CT molecular complexity index is 1120. The summed E-state index contributed by atoms with van der Waals surface area (Å²) in [7, 11) is 1.44. The van der Waals surface area contributed by atoms with Crippen molar-refractivity contribution in [2.75, 3.05) is 13.7 Å². The van der Waals surface area contributed by atoms with Crippen molar-refractivity contribution in [2.45, 2.75) is 31.2 Å². The Hall–Kier alpha value is -3.67. The summed E-state index contributed by atoms with van der Waals surface area (Å²) in [5.74, 6) is -1.51. The van der Waals surface area contributed by atoms with Crippen LogP contribution in [0.5, 0.6) is 0 Å². The number of benzene rings is 3. The maximum Gasteiger partial charge on any atom is 0.410 e. The predicted molar refractivity (Wildman–Crippen MR) is 124 cm³/mol. The molecule has 0 unspecified atom stereocenters. The van der Waals surface area contributed by atoms with Gasteiger partial charge in [-0.25, -0.2) is 14.0 Å². The van der Waals surface area contributed by atoms with E-state index in [1.807, 2.05) is 36.4 Å². The van der Waals surface area contributed by atoms with E-state index in [9.17, 15) is 19.1 Å². The molecule has 0 bridgehead atoms. The van der Waals surface area contributed by atoms with Gasteiger partial charge in [-0.3, -0.25) is 4.90 Å². The van der Waals surface area contributed by atoms with Crippen LogP contribution >= 0.6 is 0 Å². The average Bonchev–Trinajstić information content (AvgIpc) is 3.13. The highest BCUT2D eigenvalue weighted by molar-refractivity contribution is 5.81. The van der Waals surface area contributed by atoms with E-state index in [0.717, 1.165) is 32.7 Å². The monoisotopic (exact) mass is 447 g/mol. The summed E-state index contributed by atoms with van der Waals surface area (Å²) in [5, 5.41) is 9.66. The van der Waals surface area contributed by atoms with Crippen LogP contribution in [0.15, 0.2) is 72.8 Å². The molecule has 3 aromatic carbocycles. The quantitative estimate of drug-likeness (QED) is 0.496. The minimum Gasteiger partial charge on any atom is -0.480 e. The topological polar surface area (TPSA) is 66.8 Å². The normalized spacial score (nSPS) is 13.2. The summed E-state index contributed by atoms with van der Waals surface area (Å²) in [6.45, 7) is 0.132. The number of rotatable bonds is 8. The number of likely N-dealkylation sites (N-methyl/N-ethyl adjacent to an activating group) is 1. The molecule has 0 aliphatic heterocycles. The van der Waals surface area contributed by atoms with Gasteiger partial charge in [-0.15, -0.1) is 0 Å². The molecule has 0 saturated heterocycles. The number of carboxylic acids is 1. The molecule has 1 amide bonds. The lowest BCUT2D eigenvalue weighted by atomic mass is 9.98. The average molecular weight is 448 g/mol. The van der Waals surface area contributed by atoms with Gasteiger partial charge in [0.05, 0.1) is 0 Å². The van der Waals surface area contributed by atoms with Crippen molar-refractivity contribution in [2.24, 2.45) is 0 Å². The van der Waals surface area contributed by atoms with E-state index in [4.69, 9.17) is 4.74 Å². The number of hydrogen-bond acceptors (Lipinski definition) is 3. The molecular formula is C27H26FNO4. The number of carbonyl (C=O) groups excluding carboxylic acids is 1. The second-order valence-corrected chi connectivity index (χ2v) is 8.29. The van der Waals surface area contributed by atoms with E-state index in [-0.39, 0.29) is 24.8 Å². The van der Waals surface area contributed by atoms with Crippen molar-refractivity contribution >= 4 is 12.1 Å². The van der Waals surface area contributed by atoms with Gasteiger partial charge in [0.25, 0.3) is 0 Å². The Balaban J connectivity index is 1.38. The van der Waals surface area contributed by atoms with E-state index in [1.54, 1.807) is 12.1 Å². The second kappa shape index (κ2) is 9.86. The number of aliphatic carboxylic acids is 1. The van der Waals surface area contributed by atoms with E-state index in [2.05, 4.69) is 12.1 Å². The summed E-state index contributed by atoms with van der Waals surface area (Å²) >= 11 is 0. The van der Waals surface area contributed by atoms with Crippen LogP contribution in [0, 0.1) is 5.82 Å². The smallest absolute Gasteiger partial charge is 0.410 e. The summed E-state index contributed by atoms with van der Waals surface area (Å²) in [6, 6.07) is 21.3. The lowest BCUT2D eigenvalue weighted by molar-refractivity contribution is -0.142. The van der Waals surface area contributed by atoms with Crippen molar-refractivity contribution in [3.63, 3.8) is 0 Å². The molecular weight excluding hydrogens is 421 g/mol. The van der Waals surface area contributed by atoms with E-state index in [1.165, 1.54) is 19.2 Å². The molecule has 1 atom stereocenters. The molecule has 1 aliphatic rings. The van der Waals surface area contributed by atoms with Crippen LogP contribution in [0.4, 0.5) is 9.18 Å². The lowest BCUT2D eigenvalue weighted by Gasteiger charge is -2.25. The highest BCUT2D eigenvalue weighted by Crippen LogP contribution is 2.44. The highest BCUT2D eigenvalue weighted by Gasteiger charge is 2.31. The van der Waals surface area contributed by atoms with Crippen LogP contribution in [0.3, 0.4) is 0 Å². The molecule has 33 heavy (non-hydrogen) atoms. The van der Waals surface area contributed by atoms with Gasteiger partial charge in [-0.2, -0.15) is 0 Å². The van der Waals surface area contributed by atoms with Gasteiger partial charge in [0.2, 0.25) is 0 Å². The van der Waals surface area contributed by atoms with Gasteiger partial charge in [0, 0.05) is 13.0 Å². The Morgan fingerprint density at radius 2 is 1.64 bits per heavy atom. The molecule has 3 aromatic rings. The van der Waals surface area contributed by atoms with Crippen LogP contribution in [0.1, 0.15) is 35.4 Å². The SMILES string of the molecule is CN(C(=O)OCC1c2ccccc2-c2ccccc21)[C@@H](CCCc1cccc(F)c1)C(=O)O. The molecule has 170 valence electrons. The molecule has 1 N–H and O–H groups in total. The van der Waals surface area contributed by atoms with Crippen molar-refractivity contribution in [3.05, 3.63) is 95.3 Å². The third-order valence-corrected chi connectivity index (χ3v) is 6.21. The number of fused-ring (bicyclic) bond motifs is 3. The first kappa shape index (κ1) is 22.5. The first-order valence-electron chi connectivity index (χ1n) is 11.0. The van der Waals surface area contributed by atoms with Gasteiger partial charge in [-0.05, 0) is 59.2 Å². The van der Waals surface area contributed by atoms with Crippen LogP contribution in [-0.2, 0) is 16.0 Å². The lowest BCUT2D eigenvalue weighted by Crippen LogP contribution is -2.43. The minimum absolute atomic E-state index is 0.0917. The zero-order valence-corrected chi connectivity index (χ0v) is 18.4. The fourth-order valence-corrected chi connectivity index (χ4v) is 4.50. The predicted octanol–water partition coefficient (Wildman–Crippen LogP) is 5.48. The molecule has 0 aromatic heterocycles. The van der Waals surface area contributed by atoms with E-state index in [0.29, 0.717) is 12.8 Å². The van der Waals surface area contributed by atoms with Gasteiger partial charge in [-0.1, -0.05) is 60.7 Å². The highest BCUT2D eigenvalue weighted by atomic mass is 19.1. The Labute approximate surface area is 192 Å². The Morgan fingerprint density at radius 1 is 1.00 bits per heavy atom. The minimum atomic E-state index is -1.09. The number of ether oxygens (including phenoxy) is 1. The Morgan fingerprint density at radius 3 is 2.24 bits per heavy atom. The molecule has 0 saturated carbocycles. The fraction of sp³-hybridized carbons (Fsp3) is 0.259. The van der Waals surface area contributed by atoms with Crippen molar-refractivity contribution in [1.82, 2.24) is 4.90 Å². The number of aryl methyl sites for hydroxylation is 1. The zero-order valence-electron chi connectivity index (χ0n) is 18.4. The Kier molecular flexibility index (Phi) is 6.73. The summed E-state index contributed by atoms with van der Waals surface area (Å²) < 4.78 is 18.9. The number of amides is 1.